The maximum absolute atomic E-state index is 16.8. The molecule has 58 heavy (non-hydrogen) atoms. The van der Waals surface area contributed by atoms with Gasteiger partial charge >= 0.3 is 5.97 Å². The minimum atomic E-state index is -1.93. The van der Waals surface area contributed by atoms with Gasteiger partial charge in [0.1, 0.15) is 16.9 Å². The van der Waals surface area contributed by atoms with E-state index in [9.17, 15) is 29.4 Å². The number of benzene rings is 1. The second-order valence-electron chi connectivity index (χ2n) is 19.6. The van der Waals surface area contributed by atoms with Gasteiger partial charge in [-0.15, -0.1) is 0 Å². The molecule has 9 rings (SSSR count). The highest BCUT2D eigenvalue weighted by Gasteiger charge is 2.70. The van der Waals surface area contributed by atoms with Crippen LogP contribution in [0.25, 0.3) is 10.9 Å². The number of aryl methyl sites for hydroxylation is 1. The molecular formula is C46H58FN3O8. The number of esters is 1. The fourth-order valence-corrected chi connectivity index (χ4v) is 13.1. The first-order valence-corrected chi connectivity index (χ1v) is 21.4. The van der Waals surface area contributed by atoms with Gasteiger partial charge in [-0.25, -0.2) is 9.18 Å². The summed E-state index contributed by atoms with van der Waals surface area (Å²) in [5.74, 6) is -1.93. The van der Waals surface area contributed by atoms with Gasteiger partial charge in [0.15, 0.2) is 23.0 Å². The lowest BCUT2D eigenvalue weighted by molar-refractivity contribution is -0.188. The number of nitrogens with one attached hydrogen (secondary N) is 1. The summed E-state index contributed by atoms with van der Waals surface area (Å²) >= 11 is 0. The molecule has 312 valence electrons. The number of carbonyl (C=O) groups is 3. The second-order valence-corrected chi connectivity index (χ2v) is 19.6. The topological polar surface area (TPSA) is 147 Å². The molecule has 12 heteroatoms. The van der Waals surface area contributed by atoms with Crippen molar-refractivity contribution < 1.29 is 38.5 Å². The molecule has 9 atom stereocenters. The van der Waals surface area contributed by atoms with E-state index < -0.39 is 51.1 Å². The second kappa shape index (κ2) is 13.3. The van der Waals surface area contributed by atoms with Crippen molar-refractivity contribution in [3.8, 4) is 5.75 Å². The van der Waals surface area contributed by atoms with E-state index in [1.165, 1.54) is 21.0 Å². The predicted molar refractivity (Wildman–Crippen MR) is 217 cm³/mol. The number of allylic oxidation sites excluding steroid dienone is 4. The lowest BCUT2D eigenvalue weighted by Crippen LogP contribution is -2.64. The Labute approximate surface area is 339 Å². The normalized spacial score (nSPS) is 35.6. The number of pyridine rings is 1. The lowest BCUT2D eigenvalue weighted by atomic mass is 9.46. The van der Waals surface area contributed by atoms with Crippen molar-refractivity contribution >= 4 is 34.1 Å². The zero-order valence-electron chi connectivity index (χ0n) is 34.9. The van der Waals surface area contributed by atoms with Crippen molar-refractivity contribution in [1.29, 1.82) is 0 Å². The highest BCUT2D eigenvalue weighted by molar-refractivity contribution is 6.03. The van der Waals surface area contributed by atoms with Gasteiger partial charge in [0.2, 0.25) is 11.2 Å². The van der Waals surface area contributed by atoms with E-state index in [1.54, 1.807) is 26.0 Å². The van der Waals surface area contributed by atoms with Gasteiger partial charge in [-0.3, -0.25) is 14.4 Å². The summed E-state index contributed by atoms with van der Waals surface area (Å²) in [5, 5.41) is 28.1. The number of anilines is 1. The number of hydrogen-bond acceptors (Lipinski definition) is 10. The molecule has 1 aromatic carbocycles. The minimum Gasteiger partial charge on any atom is -0.492 e. The molecule has 0 spiro atoms. The molecule has 0 radical (unpaired) electrons. The van der Waals surface area contributed by atoms with E-state index in [2.05, 4.69) is 12.2 Å². The quantitative estimate of drug-likeness (QED) is 0.294. The fourth-order valence-electron chi connectivity index (χ4n) is 13.1. The van der Waals surface area contributed by atoms with Gasteiger partial charge in [-0.2, -0.15) is 0 Å². The molecule has 5 aliphatic carbocycles. The standard InChI is InChI=1S/C46H58FN3O8/c1-23-33-37(40(57-7)38(36(23)47)49-21-25-9-8-18-48-31(25)22-49)50(27-11-12-27)24(2)34(39(33)53)41(54)58-43(3,4)42(55)46(56)17-15-30-29-13-10-26-19-28(51)14-16-44(26,5)35(29)32(52)20-45(30,46)6/h14,16,19,25,27,29-32,35,48,52,56H,8-13,15,17-18,20-22H2,1-7H3/t25?,29-,30-,31?,32-,35+,44-,45-,46-/m0/s1. The van der Waals surface area contributed by atoms with Crippen LogP contribution in [0.3, 0.4) is 0 Å². The number of fused-ring (bicyclic) bond motifs is 7. The Morgan fingerprint density at radius 2 is 1.81 bits per heavy atom. The summed E-state index contributed by atoms with van der Waals surface area (Å²) in [6.07, 6.45) is 10.3. The summed E-state index contributed by atoms with van der Waals surface area (Å²) < 4.78 is 30.8. The molecule has 3 heterocycles. The molecule has 0 amide bonds. The monoisotopic (exact) mass is 799 g/mol. The number of aliphatic hydroxyl groups excluding tert-OH is 1. The number of aromatic nitrogens is 1. The molecule has 2 aromatic rings. The fraction of sp³-hybridized carbons (Fsp3) is 0.652. The SMILES string of the molecule is COc1c(N2CC3CCCNC3C2)c(F)c(C)c2c(=O)c(C(=O)OC(C)(C)C(=O)[C@@]3(O)CC[C@H]4[C@@H]5CCC6=CC(=O)C=C[C@]6(C)[C@H]5[C@@H](O)C[C@@]43C)c(C)n(C3CC3)c12. The number of carbonyl (C=O) groups excluding carboxylic acids is 3. The van der Waals surface area contributed by atoms with Crippen LogP contribution in [0.5, 0.6) is 5.75 Å². The van der Waals surface area contributed by atoms with Crippen LogP contribution < -0.4 is 20.4 Å². The highest BCUT2D eigenvalue weighted by atomic mass is 19.1. The van der Waals surface area contributed by atoms with Crippen LogP contribution in [-0.4, -0.2) is 82.4 Å². The first kappa shape index (κ1) is 39.6. The average molecular weight is 800 g/mol. The molecule has 3 N–H and O–H groups in total. The molecule has 7 aliphatic rings. The van der Waals surface area contributed by atoms with E-state index in [4.69, 9.17) is 9.47 Å². The third-order valence-electron chi connectivity index (χ3n) is 16.2. The number of ketones is 2. The van der Waals surface area contributed by atoms with Gasteiger partial charge in [-0.05, 0) is 122 Å². The van der Waals surface area contributed by atoms with E-state index in [1.807, 2.05) is 22.5 Å². The largest absolute Gasteiger partial charge is 0.492 e. The molecule has 2 saturated heterocycles. The van der Waals surface area contributed by atoms with Crippen LogP contribution in [0.15, 0.2) is 28.6 Å². The van der Waals surface area contributed by atoms with Gasteiger partial charge < -0.3 is 34.5 Å². The van der Waals surface area contributed by atoms with Crippen LogP contribution in [0.4, 0.5) is 10.1 Å². The lowest BCUT2D eigenvalue weighted by Gasteiger charge is -2.59. The van der Waals surface area contributed by atoms with E-state index >= 15 is 4.39 Å². The van der Waals surface area contributed by atoms with Gasteiger partial charge in [0, 0.05) is 53.2 Å². The number of hydrogen-bond donors (Lipinski definition) is 3. The maximum Gasteiger partial charge on any atom is 0.344 e. The zero-order chi connectivity index (χ0) is 41.4. The highest BCUT2D eigenvalue weighted by Crippen LogP contribution is 2.67. The molecule has 2 unspecified atom stereocenters. The summed E-state index contributed by atoms with van der Waals surface area (Å²) in [5.41, 5.74) is -4.00. The smallest absolute Gasteiger partial charge is 0.344 e. The number of nitrogens with zero attached hydrogens (tertiary/aromatic N) is 2. The number of aliphatic hydroxyl groups is 2. The molecule has 2 aliphatic heterocycles. The van der Waals surface area contributed by atoms with Crippen LogP contribution >= 0.6 is 0 Å². The summed E-state index contributed by atoms with van der Waals surface area (Å²) in [4.78, 5) is 58.2. The van der Waals surface area contributed by atoms with Crippen molar-refractivity contribution in [2.75, 3.05) is 31.6 Å². The number of methoxy groups -OCH3 is 1. The number of ether oxygens (including phenoxy) is 2. The van der Waals surface area contributed by atoms with Gasteiger partial charge in [-0.1, -0.05) is 25.5 Å². The molecule has 0 bridgehead atoms. The number of rotatable bonds is 7. The molecule has 11 nitrogen and oxygen atoms in total. The van der Waals surface area contributed by atoms with Crippen LogP contribution in [0, 0.1) is 54.2 Å². The minimum absolute atomic E-state index is 0.00482. The van der Waals surface area contributed by atoms with Gasteiger partial charge in [0.05, 0.1) is 24.1 Å². The van der Waals surface area contributed by atoms with Crippen LogP contribution in [-0.2, 0) is 14.3 Å². The van der Waals surface area contributed by atoms with Crippen molar-refractivity contribution in [1.82, 2.24) is 9.88 Å². The van der Waals surface area contributed by atoms with Gasteiger partial charge in [0.25, 0.3) is 0 Å². The summed E-state index contributed by atoms with van der Waals surface area (Å²) in [6, 6.07) is 0.193. The number of Topliss-reactive ketones (excluding diaryl/α,β-unsaturated/α-hetero) is 1. The Kier molecular flexibility index (Phi) is 9.09. The van der Waals surface area contributed by atoms with Crippen molar-refractivity contribution in [2.45, 2.75) is 129 Å². The Morgan fingerprint density at radius 3 is 2.50 bits per heavy atom. The predicted octanol–water partition coefficient (Wildman–Crippen LogP) is 5.80. The van der Waals surface area contributed by atoms with E-state index in [-0.39, 0.29) is 70.7 Å². The van der Waals surface area contributed by atoms with Crippen LogP contribution in [0.2, 0.25) is 0 Å². The third-order valence-corrected chi connectivity index (χ3v) is 16.2. The van der Waals surface area contributed by atoms with Crippen molar-refractivity contribution in [3.63, 3.8) is 0 Å². The van der Waals surface area contributed by atoms with Crippen molar-refractivity contribution in [2.24, 2.45) is 34.5 Å². The molecule has 4 saturated carbocycles. The Morgan fingerprint density at radius 1 is 1.07 bits per heavy atom. The molecule has 6 fully saturated rings. The number of halogens is 1. The Balaban J connectivity index is 1.05. The average Bonchev–Trinajstić information content (AvgIpc) is 3.85. The first-order chi connectivity index (χ1) is 27.4. The third kappa shape index (κ3) is 5.45. The number of piperidine rings is 1. The Bertz CT molecular complexity index is 2260. The maximum atomic E-state index is 16.8. The van der Waals surface area contributed by atoms with Crippen LogP contribution in [0.1, 0.15) is 113 Å². The van der Waals surface area contributed by atoms with E-state index in [0.29, 0.717) is 48.7 Å². The summed E-state index contributed by atoms with van der Waals surface area (Å²) in [7, 11) is 1.49. The summed E-state index contributed by atoms with van der Waals surface area (Å²) in [6.45, 7) is 12.3. The molecule has 1 aromatic heterocycles. The first-order valence-electron chi connectivity index (χ1n) is 21.4. The Hall–Kier alpha value is -3.87. The van der Waals surface area contributed by atoms with E-state index in [0.717, 1.165) is 44.2 Å². The molecular weight excluding hydrogens is 742 g/mol. The van der Waals surface area contributed by atoms with Crippen molar-refractivity contribution in [3.05, 3.63) is 56.7 Å². The zero-order valence-corrected chi connectivity index (χ0v) is 34.9.